The molecule has 0 atom stereocenters. The minimum atomic E-state index is -0.134. The smallest absolute Gasteiger partial charge is 0.269 e. The van der Waals surface area contributed by atoms with Crippen molar-refractivity contribution in [2.45, 2.75) is 6.54 Å². The van der Waals surface area contributed by atoms with Crippen molar-refractivity contribution in [1.29, 1.82) is 0 Å². The molecule has 82 valence electrons. The normalized spacial score (nSPS) is 10.6. The Morgan fingerprint density at radius 3 is 2.94 bits per heavy atom. The molecule has 1 aromatic carbocycles. The molecule has 0 saturated carbocycles. The third kappa shape index (κ3) is 1.99. The van der Waals surface area contributed by atoms with E-state index in [1.807, 2.05) is 24.3 Å². The second-order valence-corrected chi connectivity index (χ2v) is 3.82. The summed E-state index contributed by atoms with van der Waals surface area (Å²) in [6.45, 7) is 4.24. The number of rotatable bonds is 3. The first-order chi connectivity index (χ1) is 7.72. The number of hydrogen-bond acceptors (Lipinski definition) is 2. The standard InChI is InChI=1S/C12H11ClN2O/c1-9(6-13)8-15-11-5-3-2-4-10(11)14-7-12(15)16/h2-5,7H,1,6,8H2. The summed E-state index contributed by atoms with van der Waals surface area (Å²) < 4.78 is 1.63. The molecule has 0 saturated heterocycles. The highest BCUT2D eigenvalue weighted by molar-refractivity contribution is 6.19. The molecule has 0 fully saturated rings. The molecule has 0 spiro atoms. The van der Waals surface area contributed by atoms with Crippen LogP contribution in [0.3, 0.4) is 0 Å². The van der Waals surface area contributed by atoms with Crippen molar-refractivity contribution in [2.75, 3.05) is 5.88 Å². The lowest BCUT2D eigenvalue weighted by Gasteiger charge is -2.09. The number of halogens is 1. The molecule has 0 amide bonds. The zero-order chi connectivity index (χ0) is 11.5. The lowest BCUT2D eigenvalue weighted by Crippen LogP contribution is -2.21. The molecule has 1 heterocycles. The van der Waals surface area contributed by atoms with Gasteiger partial charge >= 0.3 is 0 Å². The number of fused-ring (bicyclic) bond motifs is 1. The number of aromatic nitrogens is 2. The van der Waals surface area contributed by atoms with Gasteiger partial charge in [0.1, 0.15) is 0 Å². The Hall–Kier alpha value is -1.61. The van der Waals surface area contributed by atoms with Gasteiger partial charge in [-0.05, 0) is 17.7 Å². The third-order valence-electron chi connectivity index (χ3n) is 2.32. The molecular weight excluding hydrogens is 224 g/mol. The zero-order valence-electron chi connectivity index (χ0n) is 8.69. The van der Waals surface area contributed by atoms with Gasteiger partial charge in [-0.1, -0.05) is 18.7 Å². The van der Waals surface area contributed by atoms with Gasteiger partial charge in [0.15, 0.2) is 0 Å². The summed E-state index contributed by atoms with van der Waals surface area (Å²) in [5.74, 6) is 0.350. The topological polar surface area (TPSA) is 34.9 Å². The maximum absolute atomic E-state index is 11.7. The highest BCUT2D eigenvalue weighted by atomic mass is 35.5. The van der Waals surface area contributed by atoms with Crippen LogP contribution in [0.4, 0.5) is 0 Å². The summed E-state index contributed by atoms with van der Waals surface area (Å²) in [4.78, 5) is 15.8. The summed E-state index contributed by atoms with van der Waals surface area (Å²) in [5, 5.41) is 0. The molecule has 0 radical (unpaired) electrons. The lowest BCUT2D eigenvalue weighted by atomic mass is 10.2. The highest BCUT2D eigenvalue weighted by Crippen LogP contribution is 2.09. The largest absolute Gasteiger partial charge is 0.301 e. The van der Waals surface area contributed by atoms with Crippen LogP contribution in [0.5, 0.6) is 0 Å². The fourth-order valence-electron chi connectivity index (χ4n) is 1.54. The van der Waals surface area contributed by atoms with E-state index in [0.29, 0.717) is 12.4 Å². The second-order valence-electron chi connectivity index (χ2n) is 3.55. The molecule has 0 N–H and O–H groups in total. The van der Waals surface area contributed by atoms with Crippen LogP contribution >= 0.6 is 11.6 Å². The molecule has 2 rings (SSSR count). The van der Waals surface area contributed by atoms with Crippen LogP contribution in [0, 0.1) is 0 Å². The molecule has 0 bridgehead atoms. The predicted molar refractivity (Wildman–Crippen MR) is 65.9 cm³/mol. The fourth-order valence-corrected chi connectivity index (χ4v) is 1.63. The Labute approximate surface area is 98.0 Å². The molecule has 0 aliphatic rings. The first-order valence-corrected chi connectivity index (χ1v) is 5.43. The summed E-state index contributed by atoms with van der Waals surface area (Å²) in [7, 11) is 0. The number of nitrogens with zero attached hydrogens (tertiary/aromatic N) is 2. The molecule has 2 aromatic rings. The number of para-hydroxylation sites is 2. The van der Waals surface area contributed by atoms with Gasteiger partial charge in [0, 0.05) is 12.4 Å². The fraction of sp³-hybridized carbons (Fsp3) is 0.167. The van der Waals surface area contributed by atoms with Crippen LogP contribution in [0.25, 0.3) is 11.0 Å². The van der Waals surface area contributed by atoms with E-state index in [1.54, 1.807) is 4.57 Å². The van der Waals surface area contributed by atoms with E-state index in [1.165, 1.54) is 6.20 Å². The van der Waals surface area contributed by atoms with E-state index in [0.717, 1.165) is 16.6 Å². The van der Waals surface area contributed by atoms with Crippen molar-refractivity contribution in [2.24, 2.45) is 0 Å². The van der Waals surface area contributed by atoms with Crippen molar-refractivity contribution in [1.82, 2.24) is 9.55 Å². The molecule has 16 heavy (non-hydrogen) atoms. The molecule has 3 nitrogen and oxygen atoms in total. The monoisotopic (exact) mass is 234 g/mol. The van der Waals surface area contributed by atoms with Crippen molar-refractivity contribution in [3.63, 3.8) is 0 Å². The zero-order valence-corrected chi connectivity index (χ0v) is 9.44. The Morgan fingerprint density at radius 2 is 2.19 bits per heavy atom. The van der Waals surface area contributed by atoms with Crippen LogP contribution in [0.2, 0.25) is 0 Å². The van der Waals surface area contributed by atoms with Gasteiger partial charge in [-0.25, -0.2) is 4.98 Å². The van der Waals surface area contributed by atoms with Gasteiger partial charge < -0.3 is 4.57 Å². The van der Waals surface area contributed by atoms with Crippen LogP contribution in [-0.4, -0.2) is 15.4 Å². The summed E-state index contributed by atoms with van der Waals surface area (Å²) in [6.07, 6.45) is 1.32. The van der Waals surface area contributed by atoms with Crippen LogP contribution in [0.1, 0.15) is 0 Å². The van der Waals surface area contributed by atoms with E-state index in [4.69, 9.17) is 11.6 Å². The predicted octanol–water partition coefficient (Wildman–Crippen LogP) is 2.19. The minimum Gasteiger partial charge on any atom is -0.301 e. The van der Waals surface area contributed by atoms with Crippen molar-refractivity contribution < 1.29 is 0 Å². The van der Waals surface area contributed by atoms with Gasteiger partial charge in [-0.2, -0.15) is 0 Å². The number of hydrogen-bond donors (Lipinski definition) is 0. The maximum Gasteiger partial charge on any atom is 0.269 e. The Morgan fingerprint density at radius 1 is 1.44 bits per heavy atom. The lowest BCUT2D eigenvalue weighted by molar-refractivity contribution is 0.777. The molecule has 0 unspecified atom stereocenters. The molecule has 0 aliphatic carbocycles. The SMILES string of the molecule is C=C(CCl)Cn1c(=O)cnc2ccccc21. The number of allylic oxidation sites excluding steroid dienone is 1. The van der Waals surface area contributed by atoms with Gasteiger partial charge in [0.05, 0.1) is 17.2 Å². The van der Waals surface area contributed by atoms with Gasteiger partial charge in [0.2, 0.25) is 0 Å². The van der Waals surface area contributed by atoms with Gasteiger partial charge in [0.25, 0.3) is 5.56 Å². The van der Waals surface area contributed by atoms with E-state index in [-0.39, 0.29) is 5.56 Å². The van der Waals surface area contributed by atoms with Crippen LogP contribution in [0.15, 0.2) is 47.4 Å². The number of alkyl halides is 1. The first-order valence-electron chi connectivity index (χ1n) is 4.89. The van der Waals surface area contributed by atoms with Crippen LogP contribution < -0.4 is 5.56 Å². The molecule has 1 aromatic heterocycles. The Kier molecular flexibility index (Phi) is 3.06. The molecular formula is C12H11ClN2O. The summed E-state index contributed by atoms with van der Waals surface area (Å²) in [6, 6.07) is 7.50. The van der Waals surface area contributed by atoms with Crippen LogP contribution in [-0.2, 0) is 6.54 Å². The van der Waals surface area contributed by atoms with Gasteiger partial charge in [-0.3, -0.25) is 4.79 Å². The summed E-state index contributed by atoms with van der Waals surface area (Å²) in [5.41, 5.74) is 2.27. The molecule has 0 aliphatic heterocycles. The highest BCUT2D eigenvalue weighted by Gasteiger charge is 2.04. The van der Waals surface area contributed by atoms with Crippen molar-refractivity contribution in [3.05, 3.63) is 53.0 Å². The average molecular weight is 235 g/mol. The first kappa shape index (κ1) is 10.9. The minimum absolute atomic E-state index is 0.134. The Bertz CT molecular complexity index is 589. The average Bonchev–Trinajstić information content (AvgIpc) is 2.32. The van der Waals surface area contributed by atoms with E-state index in [2.05, 4.69) is 11.6 Å². The van der Waals surface area contributed by atoms with E-state index in [9.17, 15) is 4.79 Å². The van der Waals surface area contributed by atoms with Crippen molar-refractivity contribution in [3.8, 4) is 0 Å². The van der Waals surface area contributed by atoms with Gasteiger partial charge in [-0.15, -0.1) is 11.6 Å². The molecule has 4 heteroatoms. The quantitative estimate of drug-likeness (QED) is 0.603. The third-order valence-corrected chi connectivity index (χ3v) is 2.70. The number of benzene rings is 1. The van der Waals surface area contributed by atoms with E-state index >= 15 is 0 Å². The van der Waals surface area contributed by atoms with E-state index < -0.39 is 0 Å². The maximum atomic E-state index is 11.7. The second kappa shape index (κ2) is 4.49. The summed E-state index contributed by atoms with van der Waals surface area (Å²) >= 11 is 5.67. The van der Waals surface area contributed by atoms with Crippen molar-refractivity contribution >= 4 is 22.6 Å². The Balaban J connectivity index is 2.61.